The van der Waals surface area contributed by atoms with E-state index >= 15 is 0 Å². The van der Waals surface area contributed by atoms with Gasteiger partial charge in [0.25, 0.3) is 0 Å². The van der Waals surface area contributed by atoms with Gasteiger partial charge in [-0.1, -0.05) is 13.8 Å². The zero-order chi connectivity index (χ0) is 14.0. The third kappa shape index (κ3) is 2.67. The number of carbonyl (C=O) groups is 1. The Bertz CT molecular complexity index is 571. The van der Waals surface area contributed by atoms with Crippen LogP contribution in [0.15, 0.2) is 16.8 Å². The predicted molar refractivity (Wildman–Crippen MR) is 82.1 cm³/mol. The molecule has 0 bridgehead atoms. The van der Waals surface area contributed by atoms with Crippen molar-refractivity contribution in [1.29, 1.82) is 0 Å². The van der Waals surface area contributed by atoms with Crippen molar-refractivity contribution in [3.8, 4) is 10.4 Å². The fraction of sp³-hybridized carbons (Fsp3) is 0.357. The summed E-state index contributed by atoms with van der Waals surface area (Å²) in [6.45, 7) is 6.33. The van der Waals surface area contributed by atoms with E-state index in [1.807, 2.05) is 5.38 Å². The van der Waals surface area contributed by atoms with Crippen LogP contribution in [0.1, 0.15) is 41.9 Å². The number of rotatable bonds is 4. The molecular formula is C14H17NO2S2. The zero-order valence-electron chi connectivity index (χ0n) is 11.2. The largest absolute Gasteiger partial charge is 0.462 e. The van der Waals surface area contributed by atoms with Gasteiger partial charge in [-0.25, -0.2) is 4.79 Å². The Kier molecular flexibility index (Phi) is 4.27. The molecule has 2 aromatic rings. The summed E-state index contributed by atoms with van der Waals surface area (Å²) < 4.78 is 5.07. The topological polar surface area (TPSA) is 52.3 Å². The maximum Gasteiger partial charge on any atom is 0.350 e. The number of esters is 1. The molecule has 3 nitrogen and oxygen atoms in total. The molecule has 0 atom stereocenters. The van der Waals surface area contributed by atoms with Crippen molar-refractivity contribution >= 4 is 34.3 Å². The van der Waals surface area contributed by atoms with Gasteiger partial charge in [0.05, 0.1) is 12.3 Å². The van der Waals surface area contributed by atoms with E-state index in [-0.39, 0.29) is 11.9 Å². The highest BCUT2D eigenvalue weighted by molar-refractivity contribution is 7.18. The maximum atomic E-state index is 11.9. The molecule has 0 radical (unpaired) electrons. The van der Waals surface area contributed by atoms with Gasteiger partial charge in [0.2, 0.25) is 0 Å². The molecule has 0 unspecified atom stereocenters. The average molecular weight is 295 g/mol. The second kappa shape index (κ2) is 5.75. The highest BCUT2D eigenvalue weighted by Gasteiger charge is 2.24. The van der Waals surface area contributed by atoms with Crippen LogP contribution in [0, 0.1) is 0 Å². The molecule has 2 rings (SSSR count). The monoisotopic (exact) mass is 295 g/mol. The number of anilines is 1. The molecule has 0 saturated heterocycles. The minimum Gasteiger partial charge on any atom is -0.462 e. The molecule has 0 spiro atoms. The van der Waals surface area contributed by atoms with Crippen LogP contribution in [0.5, 0.6) is 0 Å². The minimum absolute atomic E-state index is 0.273. The van der Waals surface area contributed by atoms with Gasteiger partial charge in [-0.05, 0) is 35.2 Å². The van der Waals surface area contributed by atoms with Gasteiger partial charge in [0.1, 0.15) is 4.88 Å². The zero-order valence-corrected chi connectivity index (χ0v) is 12.9. The Morgan fingerprint density at radius 2 is 2.21 bits per heavy atom. The minimum atomic E-state index is -0.326. The second-order valence-electron chi connectivity index (χ2n) is 4.47. The van der Waals surface area contributed by atoms with Gasteiger partial charge in [0.15, 0.2) is 0 Å². The molecule has 2 aromatic heterocycles. The first-order valence-corrected chi connectivity index (χ1v) is 7.94. The first kappa shape index (κ1) is 14.1. The van der Waals surface area contributed by atoms with Crippen molar-refractivity contribution in [2.75, 3.05) is 12.3 Å². The number of nitrogen functional groups attached to an aromatic ring is 1. The van der Waals surface area contributed by atoms with Crippen molar-refractivity contribution < 1.29 is 9.53 Å². The predicted octanol–water partition coefficient (Wildman–Crippen LogP) is 4.36. The summed E-state index contributed by atoms with van der Waals surface area (Å²) in [5.74, 6) is -0.0530. The van der Waals surface area contributed by atoms with Gasteiger partial charge in [0, 0.05) is 10.4 Å². The summed E-state index contributed by atoms with van der Waals surface area (Å²) >= 11 is 3.07. The van der Waals surface area contributed by atoms with Crippen LogP contribution in [-0.4, -0.2) is 12.6 Å². The maximum absolute atomic E-state index is 11.9. The normalized spacial score (nSPS) is 10.9. The van der Waals surface area contributed by atoms with Crippen molar-refractivity contribution in [3.63, 3.8) is 0 Å². The van der Waals surface area contributed by atoms with Crippen molar-refractivity contribution in [2.45, 2.75) is 26.7 Å². The summed E-state index contributed by atoms with van der Waals surface area (Å²) in [7, 11) is 0. The smallest absolute Gasteiger partial charge is 0.350 e. The summed E-state index contributed by atoms with van der Waals surface area (Å²) in [6.07, 6.45) is 0. The highest BCUT2D eigenvalue weighted by atomic mass is 32.1. The van der Waals surface area contributed by atoms with Crippen LogP contribution in [0.25, 0.3) is 10.4 Å². The number of hydrogen-bond acceptors (Lipinski definition) is 5. The van der Waals surface area contributed by atoms with Crippen LogP contribution in [0.4, 0.5) is 5.69 Å². The molecule has 5 heteroatoms. The fourth-order valence-corrected chi connectivity index (χ4v) is 3.97. The van der Waals surface area contributed by atoms with Crippen LogP contribution < -0.4 is 5.73 Å². The lowest BCUT2D eigenvalue weighted by atomic mass is 9.99. The Morgan fingerprint density at radius 1 is 1.47 bits per heavy atom. The Balaban J connectivity index is 2.55. The molecule has 0 fully saturated rings. The van der Waals surface area contributed by atoms with Crippen LogP contribution >= 0.6 is 22.7 Å². The fourth-order valence-electron chi connectivity index (χ4n) is 1.99. The van der Waals surface area contributed by atoms with Crippen molar-refractivity contribution in [3.05, 3.63) is 27.3 Å². The second-order valence-corrected chi connectivity index (χ2v) is 6.28. The van der Waals surface area contributed by atoms with E-state index in [4.69, 9.17) is 10.5 Å². The van der Waals surface area contributed by atoms with Gasteiger partial charge in [-0.15, -0.1) is 11.3 Å². The molecule has 0 aliphatic carbocycles. The molecule has 0 amide bonds. The molecule has 102 valence electrons. The van der Waals surface area contributed by atoms with E-state index in [0.29, 0.717) is 17.2 Å². The Labute approximate surface area is 121 Å². The summed E-state index contributed by atoms with van der Waals surface area (Å²) in [5.41, 5.74) is 8.90. The lowest BCUT2D eigenvalue weighted by Gasteiger charge is -2.07. The van der Waals surface area contributed by atoms with Crippen molar-refractivity contribution in [2.24, 2.45) is 0 Å². The standard InChI is InChI=1S/C14H17NO2S2/c1-4-17-14(16)13-11(15)10(8(2)3)12(19-13)9-5-6-18-7-9/h5-8H,4,15H2,1-3H3. The van der Waals surface area contributed by atoms with Gasteiger partial charge >= 0.3 is 5.97 Å². The van der Waals surface area contributed by atoms with E-state index in [1.54, 1.807) is 18.3 Å². The molecule has 0 aliphatic rings. The third-order valence-electron chi connectivity index (χ3n) is 2.81. The number of ether oxygens (including phenoxy) is 1. The lowest BCUT2D eigenvalue weighted by Crippen LogP contribution is -2.06. The van der Waals surface area contributed by atoms with Gasteiger partial charge in [-0.2, -0.15) is 11.3 Å². The molecular weight excluding hydrogens is 278 g/mol. The van der Waals surface area contributed by atoms with E-state index in [0.717, 1.165) is 16.0 Å². The molecule has 0 saturated carbocycles. The Morgan fingerprint density at radius 3 is 2.74 bits per heavy atom. The number of nitrogens with two attached hydrogens (primary N) is 1. The number of hydrogen-bond donors (Lipinski definition) is 1. The lowest BCUT2D eigenvalue weighted by molar-refractivity contribution is 0.0533. The average Bonchev–Trinajstić information content (AvgIpc) is 2.95. The number of carbonyl (C=O) groups excluding carboxylic acids is 1. The van der Waals surface area contributed by atoms with E-state index in [2.05, 4.69) is 25.3 Å². The first-order valence-electron chi connectivity index (χ1n) is 6.18. The van der Waals surface area contributed by atoms with Crippen molar-refractivity contribution in [1.82, 2.24) is 0 Å². The van der Waals surface area contributed by atoms with Crippen LogP contribution in [0.3, 0.4) is 0 Å². The highest BCUT2D eigenvalue weighted by Crippen LogP contribution is 2.43. The molecule has 19 heavy (non-hydrogen) atoms. The summed E-state index contributed by atoms with van der Waals surface area (Å²) in [6, 6.07) is 2.05. The van der Waals surface area contributed by atoms with Gasteiger partial charge < -0.3 is 10.5 Å². The quantitative estimate of drug-likeness (QED) is 0.853. The Hall–Kier alpha value is -1.33. The van der Waals surface area contributed by atoms with E-state index < -0.39 is 0 Å². The third-order valence-corrected chi connectivity index (χ3v) is 4.74. The van der Waals surface area contributed by atoms with Crippen LogP contribution in [-0.2, 0) is 4.74 Å². The van der Waals surface area contributed by atoms with E-state index in [1.165, 1.54) is 11.3 Å². The summed E-state index contributed by atoms with van der Waals surface area (Å²) in [5, 5.41) is 4.10. The molecule has 0 aliphatic heterocycles. The first-order chi connectivity index (χ1) is 9.06. The molecule has 2 N–H and O–H groups in total. The van der Waals surface area contributed by atoms with Gasteiger partial charge in [-0.3, -0.25) is 0 Å². The molecule has 2 heterocycles. The summed E-state index contributed by atoms with van der Waals surface area (Å²) in [4.78, 5) is 13.5. The SMILES string of the molecule is CCOC(=O)c1sc(-c2ccsc2)c(C(C)C)c1N. The molecule has 0 aromatic carbocycles. The van der Waals surface area contributed by atoms with E-state index in [9.17, 15) is 4.79 Å². The number of thiophene rings is 2. The van der Waals surface area contributed by atoms with Crippen LogP contribution in [0.2, 0.25) is 0 Å².